The predicted molar refractivity (Wildman–Crippen MR) is 48.7 cm³/mol. The lowest BCUT2D eigenvalue weighted by Gasteiger charge is -2.12. The van der Waals surface area contributed by atoms with Gasteiger partial charge in [-0.25, -0.2) is 0 Å². The summed E-state index contributed by atoms with van der Waals surface area (Å²) >= 11 is 0. The maximum absolute atomic E-state index is 5.60. The Bertz CT molecular complexity index is 231. The van der Waals surface area contributed by atoms with Crippen molar-refractivity contribution in [1.29, 1.82) is 0 Å². The predicted octanol–water partition coefficient (Wildman–Crippen LogP) is 0.0294. The molecule has 4 nitrogen and oxygen atoms in total. The van der Waals surface area contributed by atoms with Crippen molar-refractivity contribution in [3.05, 3.63) is 18.0 Å². The van der Waals surface area contributed by atoms with Gasteiger partial charge < -0.3 is 11.1 Å². The Hall–Kier alpha value is -0.870. The molecule has 0 fully saturated rings. The van der Waals surface area contributed by atoms with E-state index in [4.69, 9.17) is 5.73 Å². The molecule has 0 saturated heterocycles. The fourth-order valence-electron chi connectivity index (χ4n) is 1.20. The molecular weight excluding hydrogens is 152 g/mol. The third-order valence-corrected chi connectivity index (χ3v) is 1.81. The fraction of sp³-hybridized carbons (Fsp3) is 0.625. The van der Waals surface area contributed by atoms with Crippen LogP contribution in [0, 0.1) is 0 Å². The van der Waals surface area contributed by atoms with Crippen LogP contribution in [0.2, 0.25) is 0 Å². The molecule has 12 heavy (non-hydrogen) atoms. The number of nitrogens with two attached hydrogens (primary N) is 1. The summed E-state index contributed by atoms with van der Waals surface area (Å²) in [5, 5.41) is 7.37. The molecule has 0 aliphatic rings. The third kappa shape index (κ3) is 2.06. The average Bonchev–Trinajstić information content (AvgIpc) is 2.47. The average molecular weight is 168 g/mol. The third-order valence-electron chi connectivity index (χ3n) is 1.81. The van der Waals surface area contributed by atoms with E-state index in [0.717, 1.165) is 12.1 Å². The first-order chi connectivity index (χ1) is 5.77. The normalized spacial score (nSPS) is 13.2. The minimum absolute atomic E-state index is 0.240. The Morgan fingerprint density at radius 2 is 2.50 bits per heavy atom. The summed E-state index contributed by atoms with van der Waals surface area (Å²) in [4.78, 5) is 0. The quantitative estimate of drug-likeness (QED) is 0.667. The summed E-state index contributed by atoms with van der Waals surface area (Å²) < 4.78 is 1.79. The molecule has 1 aromatic heterocycles. The Morgan fingerprint density at radius 3 is 2.92 bits per heavy atom. The first kappa shape index (κ1) is 9.22. The Kier molecular flexibility index (Phi) is 3.25. The lowest BCUT2D eigenvalue weighted by molar-refractivity contribution is 0.561. The number of hydrogen-bond acceptors (Lipinski definition) is 3. The summed E-state index contributed by atoms with van der Waals surface area (Å²) in [5.74, 6) is 0. The molecule has 68 valence electrons. The molecule has 4 heteroatoms. The van der Waals surface area contributed by atoms with Crippen LogP contribution in [0.25, 0.3) is 0 Å². The zero-order valence-electron chi connectivity index (χ0n) is 7.62. The molecule has 0 aliphatic carbocycles. The van der Waals surface area contributed by atoms with Crippen LogP contribution in [-0.2, 0) is 7.05 Å². The summed E-state index contributed by atoms with van der Waals surface area (Å²) in [7, 11) is 1.91. The van der Waals surface area contributed by atoms with Gasteiger partial charge in [0.25, 0.3) is 0 Å². The van der Waals surface area contributed by atoms with Gasteiger partial charge in [0.05, 0.1) is 6.20 Å². The van der Waals surface area contributed by atoms with Crippen LogP contribution in [0.15, 0.2) is 12.4 Å². The van der Waals surface area contributed by atoms with Gasteiger partial charge in [-0.15, -0.1) is 0 Å². The second kappa shape index (κ2) is 4.23. The van der Waals surface area contributed by atoms with Gasteiger partial charge in [-0.2, -0.15) is 5.10 Å². The molecule has 3 N–H and O–H groups in total. The van der Waals surface area contributed by atoms with E-state index in [2.05, 4.69) is 17.3 Å². The van der Waals surface area contributed by atoms with Crippen molar-refractivity contribution in [1.82, 2.24) is 15.1 Å². The Morgan fingerprint density at radius 1 is 1.75 bits per heavy atom. The molecule has 1 unspecified atom stereocenters. The van der Waals surface area contributed by atoms with Gasteiger partial charge in [0.2, 0.25) is 0 Å². The smallest absolute Gasteiger partial charge is 0.0538 e. The van der Waals surface area contributed by atoms with Crippen LogP contribution in [-0.4, -0.2) is 22.9 Å². The lowest BCUT2D eigenvalue weighted by Crippen LogP contribution is -2.27. The second-order valence-electron chi connectivity index (χ2n) is 2.79. The molecule has 0 aromatic carbocycles. The highest BCUT2D eigenvalue weighted by Gasteiger charge is 2.08. The van der Waals surface area contributed by atoms with Crippen molar-refractivity contribution >= 4 is 0 Å². The minimum atomic E-state index is 0.240. The van der Waals surface area contributed by atoms with Gasteiger partial charge in [0.15, 0.2) is 0 Å². The maximum atomic E-state index is 5.60. The van der Waals surface area contributed by atoms with Crippen LogP contribution in [0.4, 0.5) is 0 Å². The van der Waals surface area contributed by atoms with E-state index in [-0.39, 0.29) is 6.04 Å². The molecule has 1 rings (SSSR count). The summed E-state index contributed by atoms with van der Waals surface area (Å²) in [6.07, 6.45) is 3.83. The monoisotopic (exact) mass is 168 g/mol. The van der Waals surface area contributed by atoms with E-state index in [1.54, 1.807) is 4.68 Å². The van der Waals surface area contributed by atoms with Crippen molar-refractivity contribution in [3.8, 4) is 0 Å². The number of nitrogens with one attached hydrogen (secondary N) is 1. The van der Waals surface area contributed by atoms with E-state index in [0.29, 0.717) is 6.54 Å². The topological polar surface area (TPSA) is 55.9 Å². The molecular formula is C8H16N4. The molecule has 0 amide bonds. The number of nitrogens with zero attached hydrogens (tertiary/aromatic N) is 2. The first-order valence-corrected chi connectivity index (χ1v) is 4.20. The van der Waals surface area contributed by atoms with Gasteiger partial charge in [0.1, 0.15) is 0 Å². The highest BCUT2D eigenvalue weighted by molar-refractivity contribution is 5.10. The molecule has 0 aliphatic heterocycles. The van der Waals surface area contributed by atoms with Crippen LogP contribution in [0.1, 0.15) is 18.5 Å². The lowest BCUT2D eigenvalue weighted by atomic mass is 10.1. The SMILES string of the molecule is CCNC(CN)c1cnn(C)c1. The van der Waals surface area contributed by atoms with Crippen molar-refractivity contribution in [2.75, 3.05) is 13.1 Å². The summed E-state index contributed by atoms with van der Waals surface area (Å²) in [5.41, 5.74) is 6.76. The van der Waals surface area contributed by atoms with Gasteiger partial charge in [-0.3, -0.25) is 4.68 Å². The van der Waals surface area contributed by atoms with Crippen molar-refractivity contribution in [2.24, 2.45) is 12.8 Å². The highest BCUT2D eigenvalue weighted by Crippen LogP contribution is 2.08. The second-order valence-corrected chi connectivity index (χ2v) is 2.79. The number of rotatable bonds is 4. The molecule has 1 heterocycles. The standard InChI is InChI=1S/C8H16N4/c1-3-10-8(4-9)7-5-11-12(2)6-7/h5-6,8,10H,3-4,9H2,1-2H3. The Labute approximate surface area is 72.8 Å². The fourth-order valence-corrected chi connectivity index (χ4v) is 1.20. The van der Waals surface area contributed by atoms with Gasteiger partial charge in [-0.1, -0.05) is 6.92 Å². The number of likely N-dealkylation sites (N-methyl/N-ethyl adjacent to an activating group) is 1. The number of hydrogen-bond donors (Lipinski definition) is 2. The van der Waals surface area contributed by atoms with Crippen LogP contribution >= 0.6 is 0 Å². The maximum Gasteiger partial charge on any atom is 0.0538 e. The van der Waals surface area contributed by atoms with E-state index in [1.807, 2.05) is 19.4 Å². The van der Waals surface area contributed by atoms with Crippen molar-refractivity contribution in [3.63, 3.8) is 0 Å². The zero-order chi connectivity index (χ0) is 8.97. The minimum Gasteiger partial charge on any atom is -0.329 e. The number of aromatic nitrogens is 2. The number of aryl methyl sites for hydroxylation is 1. The van der Waals surface area contributed by atoms with Gasteiger partial charge in [0, 0.05) is 31.4 Å². The molecule has 1 aromatic rings. The molecule has 0 bridgehead atoms. The Balaban J connectivity index is 2.66. The van der Waals surface area contributed by atoms with Gasteiger partial charge >= 0.3 is 0 Å². The van der Waals surface area contributed by atoms with Crippen molar-refractivity contribution < 1.29 is 0 Å². The molecule has 0 saturated carbocycles. The van der Waals surface area contributed by atoms with Gasteiger partial charge in [-0.05, 0) is 6.54 Å². The zero-order valence-corrected chi connectivity index (χ0v) is 7.62. The van der Waals surface area contributed by atoms with E-state index >= 15 is 0 Å². The van der Waals surface area contributed by atoms with E-state index in [1.165, 1.54) is 0 Å². The first-order valence-electron chi connectivity index (χ1n) is 4.20. The highest BCUT2D eigenvalue weighted by atomic mass is 15.2. The van der Waals surface area contributed by atoms with Crippen LogP contribution < -0.4 is 11.1 Å². The van der Waals surface area contributed by atoms with E-state index in [9.17, 15) is 0 Å². The molecule has 1 atom stereocenters. The van der Waals surface area contributed by atoms with E-state index < -0.39 is 0 Å². The van der Waals surface area contributed by atoms with Crippen molar-refractivity contribution in [2.45, 2.75) is 13.0 Å². The van der Waals surface area contributed by atoms with Crippen LogP contribution in [0.3, 0.4) is 0 Å². The molecule has 0 spiro atoms. The summed E-state index contributed by atoms with van der Waals surface area (Å²) in [6.45, 7) is 3.61. The summed E-state index contributed by atoms with van der Waals surface area (Å²) in [6, 6.07) is 0.240. The largest absolute Gasteiger partial charge is 0.329 e. The van der Waals surface area contributed by atoms with Crippen LogP contribution in [0.5, 0.6) is 0 Å². The molecule has 0 radical (unpaired) electrons.